The molecule has 1 amide bonds. The van der Waals surface area contributed by atoms with E-state index in [4.69, 9.17) is 4.74 Å². The molecule has 0 radical (unpaired) electrons. The van der Waals surface area contributed by atoms with Gasteiger partial charge in [-0.1, -0.05) is 54.6 Å². The van der Waals surface area contributed by atoms with Crippen molar-refractivity contribution >= 4 is 5.91 Å². The number of benzene rings is 2. The summed E-state index contributed by atoms with van der Waals surface area (Å²) in [5, 5.41) is 2.78. The summed E-state index contributed by atoms with van der Waals surface area (Å²) in [4.78, 5) is 20.6. The van der Waals surface area contributed by atoms with Crippen molar-refractivity contribution in [1.82, 2.24) is 15.3 Å². The number of hydrogen-bond donors (Lipinski definition) is 1. The number of ether oxygens (including phenoxy) is 1. The Kier molecular flexibility index (Phi) is 6.16. The van der Waals surface area contributed by atoms with Crippen LogP contribution in [0.4, 0.5) is 8.78 Å². The van der Waals surface area contributed by atoms with E-state index in [1.54, 1.807) is 19.1 Å². The highest BCUT2D eigenvalue weighted by Gasteiger charge is 2.24. The number of amides is 1. The van der Waals surface area contributed by atoms with Gasteiger partial charge in [0.05, 0.1) is 18.4 Å². The van der Waals surface area contributed by atoms with Crippen LogP contribution in [0.3, 0.4) is 0 Å². The minimum Gasteiger partial charge on any atom is -0.472 e. The van der Waals surface area contributed by atoms with Crippen LogP contribution in [-0.4, -0.2) is 15.9 Å². The zero-order chi connectivity index (χ0) is 20.9. The fraction of sp³-hybridized carbons (Fsp3) is 0.227. The van der Waals surface area contributed by atoms with Gasteiger partial charge < -0.3 is 10.1 Å². The van der Waals surface area contributed by atoms with Crippen molar-refractivity contribution in [2.75, 3.05) is 0 Å². The summed E-state index contributed by atoms with van der Waals surface area (Å²) in [5.74, 6) is -3.00. The molecule has 0 spiro atoms. The predicted octanol–water partition coefficient (Wildman–Crippen LogP) is 4.66. The summed E-state index contributed by atoms with van der Waals surface area (Å²) in [6, 6.07) is 15.1. The molecule has 29 heavy (non-hydrogen) atoms. The van der Waals surface area contributed by atoms with Crippen LogP contribution >= 0.6 is 0 Å². The molecule has 1 aromatic heterocycles. The third-order valence-corrected chi connectivity index (χ3v) is 4.36. The zero-order valence-corrected chi connectivity index (χ0v) is 16.1. The molecule has 7 heteroatoms. The topological polar surface area (TPSA) is 64.1 Å². The summed E-state index contributed by atoms with van der Waals surface area (Å²) in [7, 11) is 0. The van der Waals surface area contributed by atoms with E-state index in [-0.39, 0.29) is 17.3 Å². The lowest BCUT2D eigenvalue weighted by molar-refractivity contribution is 0.0174. The molecule has 1 N–H and O–H groups in total. The lowest BCUT2D eigenvalue weighted by atomic mass is 10.0. The lowest BCUT2D eigenvalue weighted by Crippen LogP contribution is -2.27. The second-order valence-electron chi connectivity index (χ2n) is 6.72. The molecular weight excluding hydrogens is 376 g/mol. The molecule has 1 heterocycles. The summed E-state index contributed by atoms with van der Waals surface area (Å²) in [6.07, 6.45) is 2.73. The first-order valence-electron chi connectivity index (χ1n) is 9.11. The summed E-state index contributed by atoms with van der Waals surface area (Å²) in [5.41, 5.74) is 1.77. The number of carbonyl (C=O) groups is 1. The minimum atomic E-state index is -2.90. The van der Waals surface area contributed by atoms with Crippen molar-refractivity contribution in [2.24, 2.45) is 0 Å². The molecule has 0 fully saturated rings. The van der Waals surface area contributed by atoms with E-state index in [1.165, 1.54) is 24.5 Å². The highest BCUT2D eigenvalue weighted by Crippen LogP contribution is 2.27. The molecule has 1 atom stereocenters. The highest BCUT2D eigenvalue weighted by atomic mass is 19.3. The molecule has 0 aliphatic heterocycles. The number of aromatic nitrogens is 2. The van der Waals surface area contributed by atoms with Crippen LogP contribution in [0, 0.1) is 0 Å². The number of nitrogens with zero attached hydrogens (tertiary/aromatic N) is 2. The Morgan fingerprint density at radius 1 is 1.07 bits per heavy atom. The molecule has 0 saturated carbocycles. The van der Waals surface area contributed by atoms with Crippen molar-refractivity contribution in [3.8, 4) is 5.88 Å². The van der Waals surface area contributed by atoms with Gasteiger partial charge in [-0.25, -0.2) is 18.7 Å². The van der Waals surface area contributed by atoms with Crippen LogP contribution in [-0.2, 0) is 12.5 Å². The van der Waals surface area contributed by atoms with Gasteiger partial charge in [0.25, 0.3) is 11.8 Å². The van der Waals surface area contributed by atoms with Gasteiger partial charge in [-0.3, -0.25) is 4.79 Å². The molecular formula is C22H21F2N3O2. The maximum absolute atomic E-state index is 13.3. The van der Waals surface area contributed by atoms with E-state index in [2.05, 4.69) is 15.3 Å². The quantitative estimate of drug-likeness (QED) is 0.630. The number of nitrogens with one attached hydrogen (secondary N) is 1. The van der Waals surface area contributed by atoms with Gasteiger partial charge in [0.15, 0.2) is 0 Å². The van der Waals surface area contributed by atoms with E-state index in [9.17, 15) is 13.6 Å². The summed E-state index contributed by atoms with van der Waals surface area (Å²) < 4.78 is 32.2. The number of carbonyl (C=O) groups excluding carboxylic acids is 1. The van der Waals surface area contributed by atoms with Crippen LogP contribution in [0.1, 0.15) is 47.1 Å². The Labute approximate surface area is 167 Å². The average Bonchev–Trinajstić information content (AvgIpc) is 2.73. The van der Waals surface area contributed by atoms with E-state index in [0.717, 1.165) is 12.5 Å². The SMILES string of the molecule is CC(NC(=O)c1cnc(OCc2ccccc2)cn1)c1ccc(C(C)(F)F)cc1. The Bertz CT molecular complexity index is 941. The predicted molar refractivity (Wildman–Crippen MR) is 105 cm³/mol. The van der Waals surface area contributed by atoms with E-state index < -0.39 is 11.8 Å². The molecule has 0 saturated heterocycles. The third kappa shape index (κ3) is 5.57. The smallest absolute Gasteiger partial charge is 0.271 e. The van der Waals surface area contributed by atoms with E-state index in [1.807, 2.05) is 30.3 Å². The Morgan fingerprint density at radius 2 is 1.76 bits per heavy atom. The van der Waals surface area contributed by atoms with Crippen LogP contribution < -0.4 is 10.1 Å². The monoisotopic (exact) mass is 397 g/mol. The molecule has 0 bridgehead atoms. The average molecular weight is 397 g/mol. The minimum absolute atomic E-state index is 0.0725. The summed E-state index contributed by atoms with van der Waals surface area (Å²) >= 11 is 0. The molecule has 2 aromatic carbocycles. The molecule has 1 unspecified atom stereocenters. The molecule has 0 aliphatic carbocycles. The van der Waals surface area contributed by atoms with Crippen molar-refractivity contribution < 1.29 is 18.3 Å². The first kappa shape index (κ1) is 20.4. The Balaban J connectivity index is 1.57. The van der Waals surface area contributed by atoms with Gasteiger partial charge in [-0.2, -0.15) is 0 Å². The number of alkyl halides is 2. The lowest BCUT2D eigenvalue weighted by Gasteiger charge is -2.16. The van der Waals surface area contributed by atoms with Crippen molar-refractivity contribution in [2.45, 2.75) is 32.4 Å². The number of hydrogen-bond acceptors (Lipinski definition) is 4. The Hall–Kier alpha value is -3.35. The largest absolute Gasteiger partial charge is 0.472 e. The van der Waals surface area contributed by atoms with Crippen LogP contribution in [0.15, 0.2) is 67.0 Å². The second kappa shape index (κ2) is 8.77. The van der Waals surface area contributed by atoms with Crippen molar-refractivity contribution in [3.05, 3.63) is 89.4 Å². The number of rotatable bonds is 7. The first-order valence-corrected chi connectivity index (χ1v) is 9.11. The fourth-order valence-corrected chi connectivity index (χ4v) is 2.66. The third-order valence-electron chi connectivity index (χ3n) is 4.36. The van der Waals surface area contributed by atoms with Crippen LogP contribution in [0.25, 0.3) is 0 Å². The maximum Gasteiger partial charge on any atom is 0.271 e. The van der Waals surface area contributed by atoms with Crippen molar-refractivity contribution in [3.63, 3.8) is 0 Å². The standard InChI is InChI=1S/C22H21F2N3O2/c1-15(17-8-10-18(11-9-17)22(2,23)24)27-21(28)19-12-26-20(13-25-19)29-14-16-6-4-3-5-7-16/h3-13,15H,14H2,1-2H3,(H,27,28). The van der Waals surface area contributed by atoms with E-state index >= 15 is 0 Å². The molecule has 150 valence electrons. The Morgan fingerprint density at radius 3 is 2.34 bits per heavy atom. The fourth-order valence-electron chi connectivity index (χ4n) is 2.66. The highest BCUT2D eigenvalue weighted by molar-refractivity contribution is 5.92. The molecule has 3 aromatic rings. The first-order chi connectivity index (χ1) is 13.8. The van der Waals surface area contributed by atoms with Gasteiger partial charge in [-0.15, -0.1) is 0 Å². The van der Waals surface area contributed by atoms with E-state index in [0.29, 0.717) is 18.1 Å². The van der Waals surface area contributed by atoms with Gasteiger partial charge in [-0.05, 0) is 18.1 Å². The normalized spacial score (nSPS) is 12.3. The zero-order valence-electron chi connectivity index (χ0n) is 16.1. The van der Waals surface area contributed by atoms with Crippen molar-refractivity contribution in [1.29, 1.82) is 0 Å². The van der Waals surface area contributed by atoms with Crippen LogP contribution in [0.2, 0.25) is 0 Å². The number of halogens is 2. The molecule has 5 nitrogen and oxygen atoms in total. The second-order valence-corrected chi connectivity index (χ2v) is 6.72. The molecule has 0 aliphatic rings. The van der Waals surface area contributed by atoms with Crippen LogP contribution in [0.5, 0.6) is 5.88 Å². The van der Waals surface area contributed by atoms with Gasteiger partial charge in [0, 0.05) is 12.5 Å². The van der Waals surface area contributed by atoms with Gasteiger partial charge in [0.2, 0.25) is 5.88 Å². The van der Waals surface area contributed by atoms with Gasteiger partial charge >= 0.3 is 0 Å². The summed E-state index contributed by atoms with van der Waals surface area (Å²) in [6.45, 7) is 2.96. The van der Waals surface area contributed by atoms with Gasteiger partial charge in [0.1, 0.15) is 12.3 Å². The molecule has 3 rings (SSSR count). The maximum atomic E-state index is 13.3.